The van der Waals surface area contributed by atoms with E-state index in [2.05, 4.69) is 128 Å². The van der Waals surface area contributed by atoms with Gasteiger partial charge in [-0.25, -0.2) is 0 Å². The fourth-order valence-electron chi connectivity index (χ4n) is 3.71. The van der Waals surface area contributed by atoms with E-state index in [0.29, 0.717) is 0 Å². The smallest absolute Gasteiger partial charge is 0.573 e. The van der Waals surface area contributed by atoms with Gasteiger partial charge in [0.25, 0.3) is 0 Å². The first-order valence-electron chi connectivity index (χ1n) is 12.8. The van der Waals surface area contributed by atoms with Crippen molar-refractivity contribution in [1.29, 1.82) is 0 Å². The third kappa shape index (κ3) is 10.1. The molecule has 2 aromatic heterocycles. The zero-order valence-electron chi connectivity index (χ0n) is 23.0. The van der Waals surface area contributed by atoms with E-state index in [1.165, 1.54) is 22.4 Å². The van der Waals surface area contributed by atoms with E-state index in [1.807, 2.05) is 24.4 Å². The van der Waals surface area contributed by atoms with Crippen molar-refractivity contribution in [3.63, 3.8) is 0 Å². The molecule has 0 atom stereocenters. The van der Waals surface area contributed by atoms with Gasteiger partial charge in [0.1, 0.15) is 0 Å². The predicted octanol–water partition coefficient (Wildman–Crippen LogP) is 7.70. The number of hydrogen-bond donors (Lipinski definition) is 0. The molecule has 5 rings (SSSR count). The molecule has 5 aromatic rings. The zero-order chi connectivity index (χ0) is 26.5. The molecule has 199 valence electrons. The van der Waals surface area contributed by atoms with Gasteiger partial charge in [-0.3, -0.25) is 4.98 Å². The van der Waals surface area contributed by atoms with Gasteiger partial charge in [-0.1, -0.05) is 126 Å². The summed E-state index contributed by atoms with van der Waals surface area (Å²) in [5.41, 5.74) is 2.86. The van der Waals surface area contributed by atoms with Crippen LogP contribution >= 0.6 is 15.8 Å². The monoisotopic (exact) mass is 628 g/mol. The van der Waals surface area contributed by atoms with E-state index in [-0.39, 0.29) is 35.3 Å². The minimum atomic E-state index is 0. The van der Waals surface area contributed by atoms with Crippen molar-refractivity contribution in [2.24, 2.45) is 0 Å². The molecule has 38 heavy (non-hydrogen) atoms. The van der Waals surface area contributed by atoms with Gasteiger partial charge in [-0.15, -0.1) is 0 Å². The van der Waals surface area contributed by atoms with E-state index in [4.69, 9.17) is 0 Å². The first kappa shape index (κ1) is 32.0. The van der Waals surface area contributed by atoms with E-state index in [1.54, 1.807) is 0 Å². The molecule has 0 fully saturated rings. The first-order chi connectivity index (χ1) is 18.0. The van der Waals surface area contributed by atoms with Gasteiger partial charge < -0.3 is 10.2 Å². The number of unbranched alkanes of at least 4 members (excludes halogenated alkanes) is 1. The Hall–Kier alpha value is -2.24. The van der Waals surface area contributed by atoms with Crippen molar-refractivity contribution in [2.75, 3.05) is 26.7 Å². The average molecular weight is 628 g/mol. The van der Waals surface area contributed by atoms with Crippen LogP contribution in [0.25, 0.3) is 22.2 Å². The Morgan fingerprint density at radius 2 is 1.26 bits per heavy atom. The Labute approximate surface area is 244 Å². The van der Waals surface area contributed by atoms with Crippen molar-refractivity contribution in [3.05, 3.63) is 109 Å². The molecule has 0 unspecified atom stereocenters. The normalized spacial score (nSPS) is 10.3. The number of aromatic nitrogens is 3. The fraction of sp³-hybridized carbons (Fsp3) is 0.250. The summed E-state index contributed by atoms with van der Waals surface area (Å²) in [4.78, 5) is 4.47. The SMILES string of the molecule is CCCCc1cc(-c2nccc3ccccc23)[n-]n1.CP(C)c1ccccc1.CP(C)c1ccccc1.[Ru+]. The second-order valence-electron chi connectivity index (χ2n) is 9.17. The fourth-order valence-corrected chi connectivity index (χ4v) is 5.24. The molecule has 3 aromatic carbocycles. The number of hydrogen-bond acceptors (Lipinski definition) is 2. The Bertz CT molecular complexity index is 1270. The molecule has 0 aliphatic carbocycles. The molecular formula is C32H38N3P2Ru. The molecule has 3 nitrogen and oxygen atoms in total. The number of nitrogens with zero attached hydrogens (tertiary/aromatic N) is 3. The Morgan fingerprint density at radius 3 is 1.79 bits per heavy atom. The van der Waals surface area contributed by atoms with Crippen LogP contribution in [0.4, 0.5) is 0 Å². The summed E-state index contributed by atoms with van der Waals surface area (Å²) in [5.74, 6) is 0. The number of rotatable bonds is 6. The van der Waals surface area contributed by atoms with Gasteiger partial charge in [0.15, 0.2) is 0 Å². The predicted molar refractivity (Wildman–Crippen MR) is 167 cm³/mol. The number of aryl methyl sites for hydroxylation is 1. The van der Waals surface area contributed by atoms with Crippen LogP contribution in [-0.4, -0.2) is 36.7 Å². The van der Waals surface area contributed by atoms with Crippen LogP contribution in [0.1, 0.15) is 25.5 Å². The van der Waals surface area contributed by atoms with Crippen molar-refractivity contribution >= 4 is 37.2 Å². The van der Waals surface area contributed by atoms with Gasteiger partial charge in [0.05, 0.1) is 5.69 Å². The summed E-state index contributed by atoms with van der Waals surface area (Å²) in [5, 5.41) is 13.8. The molecule has 0 saturated carbocycles. The maximum atomic E-state index is 4.47. The zero-order valence-corrected chi connectivity index (χ0v) is 26.6. The van der Waals surface area contributed by atoms with Gasteiger partial charge >= 0.3 is 19.5 Å². The second kappa shape index (κ2) is 17.4. The summed E-state index contributed by atoms with van der Waals surface area (Å²) < 4.78 is 0. The maximum Gasteiger partial charge on any atom is 1.00 e. The summed E-state index contributed by atoms with van der Waals surface area (Å²) in [6.45, 7) is 11.3. The molecule has 6 heteroatoms. The average Bonchev–Trinajstić information content (AvgIpc) is 3.42. The Morgan fingerprint density at radius 1 is 0.711 bits per heavy atom. The second-order valence-corrected chi connectivity index (χ2v) is 13.8. The van der Waals surface area contributed by atoms with Gasteiger partial charge in [0, 0.05) is 17.3 Å². The number of pyridine rings is 1. The largest absolute Gasteiger partial charge is 1.00 e. The third-order valence-electron chi connectivity index (χ3n) is 5.84. The molecule has 1 radical (unpaired) electrons. The molecule has 0 bridgehead atoms. The Balaban J connectivity index is 0.000000224. The minimum Gasteiger partial charge on any atom is -0.573 e. The van der Waals surface area contributed by atoms with Crippen LogP contribution in [0.3, 0.4) is 0 Å². The molecular weight excluding hydrogens is 589 g/mol. The first-order valence-corrected chi connectivity index (χ1v) is 17.2. The van der Waals surface area contributed by atoms with E-state index >= 15 is 0 Å². The van der Waals surface area contributed by atoms with Crippen molar-refractivity contribution in [2.45, 2.75) is 26.2 Å². The van der Waals surface area contributed by atoms with E-state index in [9.17, 15) is 0 Å². The van der Waals surface area contributed by atoms with Crippen LogP contribution < -0.4 is 15.7 Å². The van der Waals surface area contributed by atoms with Crippen LogP contribution in [0.15, 0.2) is 103 Å². The van der Waals surface area contributed by atoms with Crippen LogP contribution in [0.5, 0.6) is 0 Å². The summed E-state index contributed by atoms with van der Waals surface area (Å²) in [7, 11) is 0.209. The van der Waals surface area contributed by atoms with Crippen LogP contribution in [0, 0.1) is 0 Å². The molecule has 0 N–H and O–H groups in total. The number of benzene rings is 3. The minimum absolute atomic E-state index is 0. The molecule has 0 aliphatic rings. The standard InChI is InChI=1S/C16H16N3.2C8H11P.Ru/c1-2-3-7-13-11-15(19-18-13)16-14-8-5-4-6-12(14)9-10-17-16;2*1-9(2)8-6-4-3-5-7-8;/h4-6,8-11H,2-3,7H2,1H3;2*3-7H,1-2H3;/q-1;;;+1. The van der Waals surface area contributed by atoms with Crippen molar-refractivity contribution in [3.8, 4) is 11.4 Å². The molecule has 0 spiro atoms. The maximum absolute atomic E-state index is 4.47. The van der Waals surface area contributed by atoms with Gasteiger partial charge in [0.2, 0.25) is 0 Å². The number of fused-ring (bicyclic) bond motifs is 1. The topological polar surface area (TPSA) is 39.9 Å². The van der Waals surface area contributed by atoms with E-state index < -0.39 is 0 Å². The molecule has 0 amide bonds. The molecule has 0 saturated heterocycles. The van der Waals surface area contributed by atoms with Gasteiger partial charge in [-0.2, -0.15) is 0 Å². The molecule has 0 aliphatic heterocycles. The molecule has 2 heterocycles. The van der Waals surface area contributed by atoms with E-state index in [0.717, 1.165) is 35.3 Å². The van der Waals surface area contributed by atoms with Crippen LogP contribution in [-0.2, 0) is 25.9 Å². The van der Waals surface area contributed by atoms with Crippen LogP contribution in [0.2, 0.25) is 0 Å². The van der Waals surface area contributed by atoms with Gasteiger partial charge in [-0.05, 0) is 61.6 Å². The summed E-state index contributed by atoms with van der Waals surface area (Å²) >= 11 is 0. The van der Waals surface area contributed by atoms with Crippen molar-refractivity contribution < 1.29 is 19.5 Å². The summed E-state index contributed by atoms with van der Waals surface area (Å²) in [6, 6.07) is 33.6. The quantitative estimate of drug-likeness (QED) is 0.143. The third-order valence-corrected chi connectivity index (χ3v) is 8.50. The Kier molecular flexibility index (Phi) is 14.6. The van der Waals surface area contributed by atoms with Crippen molar-refractivity contribution in [1.82, 2.24) is 15.2 Å². The summed E-state index contributed by atoms with van der Waals surface area (Å²) in [6.07, 6.45) is 5.15.